The van der Waals surface area contributed by atoms with Crippen molar-refractivity contribution in [3.8, 4) is 5.75 Å². The number of nitrogens with one attached hydrogen (secondary N) is 2. The van der Waals surface area contributed by atoms with Crippen molar-refractivity contribution in [2.45, 2.75) is 26.6 Å². The fourth-order valence-corrected chi connectivity index (χ4v) is 3.64. The van der Waals surface area contributed by atoms with E-state index in [2.05, 4.69) is 25.5 Å². The zero-order chi connectivity index (χ0) is 26.5. The summed E-state index contributed by atoms with van der Waals surface area (Å²) in [5.74, 6) is -2.18. The maximum Gasteiger partial charge on any atom is 0.387 e. The van der Waals surface area contributed by atoms with Crippen molar-refractivity contribution in [3.05, 3.63) is 94.4 Å². The van der Waals surface area contributed by atoms with E-state index in [0.717, 1.165) is 0 Å². The molecule has 0 aliphatic rings. The molecular weight excluding hydrogens is 488 g/mol. The molecule has 10 nitrogen and oxygen atoms in total. The first-order valence-electron chi connectivity index (χ1n) is 11.0. The van der Waals surface area contributed by atoms with E-state index < -0.39 is 24.4 Å². The second kappa shape index (κ2) is 10.8. The first kappa shape index (κ1) is 25.2. The molecular formula is C25H21F2N5O5. The molecule has 0 fully saturated rings. The lowest BCUT2D eigenvalue weighted by molar-refractivity contribution is -0.0499. The third kappa shape index (κ3) is 6.04. The van der Waals surface area contributed by atoms with Gasteiger partial charge in [-0.25, -0.2) is 14.3 Å². The topological polar surface area (TPSA) is 135 Å². The van der Waals surface area contributed by atoms with E-state index in [0.29, 0.717) is 16.7 Å². The van der Waals surface area contributed by atoms with Gasteiger partial charge in [0.25, 0.3) is 11.8 Å². The van der Waals surface area contributed by atoms with Crippen LogP contribution < -0.4 is 15.4 Å². The second-order valence-electron chi connectivity index (χ2n) is 7.97. The summed E-state index contributed by atoms with van der Waals surface area (Å²) in [6.45, 7) is -1.17. The Morgan fingerprint density at radius 2 is 1.73 bits per heavy atom. The van der Waals surface area contributed by atoms with Gasteiger partial charge < -0.3 is 20.5 Å². The van der Waals surface area contributed by atoms with Crippen LogP contribution in [0, 0.1) is 6.92 Å². The second-order valence-corrected chi connectivity index (χ2v) is 7.97. The number of benzene rings is 2. The van der Waals surface area contributed by atoms with Gasteiger partial charge in [0.05, 0.1) is 11.8 Å². The van der Waals surface area contributed by atoms with Crippen molar-refractivity contribution < 1.29 is 33.0 Å². The number of carboxylic acid groups (broad SMARTS) is 1. The summed E-state index contributed by atoms with van der Waals surface area (Å²) in [6.07, 6.45) is 1.43. The Morgan fingerprint density at radius 3 is 2.43 bits per heavy atom. The number of aryl methyl sites for hydroxylation is 1. The molecule has 0 spiro atoms. The van der Waals surface area contributed by atoms with Crippen LogP contribution in [-0.2, 0) is 13.1 Å². The first-order valence-corrected chi connectivity index (χ1v) is 11.0. The molecule has 2 aromatic carbocycles. The summed E-state index contributed by atoms with van der Waals surface area (Å²) in [4.78, 5) is 41.2. The highest BCUT2D eigenvalue weighted by atomic mass is 19.3. The molecule has 0 atom stereocenters. The van der Waals surface area contributed by atoms with Crippen LogP contribution >= 0.6 is 0 Å². The van der Waals surface area contributed by atoms with Crippen LogP contribution in [-0.4, -0.2) is 44.1 Å². The Bertz CT molecular complexity index is 1490. The zero-order valence-corrected chi connectivity index (χ0v) is 19.4. The highest BCUT2D eigenvalue weighted by molar-refractivity contribution is 5.98. The lowest BCUT2D eigenvalue weighted by Crippen LogP contribution is -2.28. The van der Waals surface area contributed by atoms with E-state index in [4.69, 9.17) is 5.11 Å². The van der Waals surface area contributed by atoms with Crippen molar-refractivity contribution in [3.63, 3.8) is 0 Å². The molecule has 2 aromatic heterocycles. The van der Waals surface area contributed by atoms with Crippen LogP contribution in [0.4, 0.5) is 8.78 Å². The molecule has 190 valence electrons. The maximum atomic E-state index is 13.0. The summed E-state index contributed by atoms with van der Waals surface area (Å²) >= 11 is 0. The van der Waals surface area contributed by atoms with Gasteiger partial charge in [0.15, 0.2) is 5.65 Å². The van der Waals surface area contributed by atoms with Gasteiger partial charge >= 0.3 is 12.6 Å². The number of rotatable bonds is 9. The van der Waals surface area contributed by atoms with E-state index in [1.54, 1.807) is 25.1 Å². The number of aromatic nitrogens is 3. The number of carbonyl (C=O) groups excluding carboxylic acids is 2. The zero-order valence-electron chi connectivity index (χ0n) is 19.4. The van der Waals surface area contributed by atoms with Gasteiger partial charge in [0, 0.05) is 25.2 Å². The maximum absolute atomic E-state index is 13.0. The van der Waals surface area contributed by atoms with E-state index in [1.165, 1.54) is 47.1 Å². The van der Waals surface area contributed by atoms with Crippen LogP contribution in [0.25, 0.3) is 5.65 Å². The fraction of sp³-hybridized carbons (Fsp3) is 0.160. The summed E-state index contributed by atoms with van der Waals surface area (Å²) in [5.41, 5.74) is 2.24. The van der Waals surface area contributed by atoms with E-state index in [9.17, 15) is 23.2 Å². The number of nitrogens with zero attached hydrogens (tertiary/aromatic N) is 3. The number of carboxylic acids is 1. The molecule has 2 amide bonds. The number of ether oxygens (including phenoxy) is 1. The quantitative estimate of drug-likeness (QED) is 0.315. The van der Waals surface area contributed by atoms with Gasteiger partial charge in [-0.05, 0) is 41.8 Å². The number of halogens is 2. The van der Waals surface area contributed by atoms with Crippen molar-refractivity contribution in [2.75, 3.05) is 0 Å². The van der Waals surface area contributed by atoms with Crippen molar-refractivity contribution in [1.29, 1.82) is 0 Å². The van der Waals surface area contributed by atoms with Crippen LogP contribution in [0.15, 0.2) is 60.8 Å². The lowest BCUT2D eigenvalue weighted by Gasteiger charge is -2.11. The predicted molar refractivity (Wildman–Crippen MR) is 127 cm³/mol. The molecule has 0 aliphatic carbocycles. The van der Waals surface area contributed by atoms with Gasteiger partial charge in [-0.2, -0.15) is 13.9 Å². The molecule has 12 heteroatoms. The molecule has 0 saturated heterocycles. The summed E-state index contributed by atoms with van der Waals surface area (Å²) < 4.78 is 30.5. The standard InChI is InChI=1S/C25H21F2N5O5/c1-14-9-16(5-6-18(14)24(35)36)13-29-23(34)20-11-19(31-21-7-8-30-32(20)21)22(33)28-12-15-3-2-4-17(10-15)37-25(26)27/h2-11,25H,12-13H2,1H3,(H,28,33)(H,29,34)(H,35,36). The van der Waals surface area contributed by atoms with Gasteiger partial charge in [-0.15, -0.1) is 0 Å². The summed E-state index contributed by atoms with van der Waals surface area (Å²) in [7, 11) is 0. The largest absolute Gasteiger partial charge is 0.478 e. The van der Waals surface area contributed by atoms with Crippen LogP contribution in [0.1, 0.15) is 48.0 Å². The first-order chi connectivity index (χ1) is 17.7. The van der Waals surface area contributed by atoms with Gasteiger partial charge in [-0.1, -0.05) is 24.3 Å². The molecule has 0 aliphatic heterocycles. The minimum absolute atomic E-state index is 0.0125. The fourth-order valence-electron chi connectivity index (χ4n) is 3.64. The summed E-state index contributed by atoms with van der Waals surface area (Å²) in [6, 6.07) is 13.5. The normalized spacial score (nSPS) is 10.9. The average Bonchev–Trinajstić information content (AvgIpc) is 3.33. The molecule has 2 heterocycles. The number of fused-ring (bicyclic) bond motifs is 1. The molecule has 4 rings (SSSR count). The highest BCUT2D eigenvalue weighted by Crippen LogP contribution is 2.16. The number of hydrogen-bond donors (Lipinski definition) is 3. The van der Waals surface area contributed by atoms with E-state index >= 15 is 0 Å². The Labute approximate surface area is 208 Å². The Kier molecular flexibility index (Phi) is 7.37. The predicted octanol–water partition coefficient (Wildman–Crippen LogP) is 3.20. The Hall–Kier alpha value is -4.87. The van der Waals surface area contributed by atoms with E-state index in [-0.39, 0.29) is 41.4 Å². The highest BCUT2D eigenvalue weighted by Gasteiger charge is 2.18. The van der Waals surface area contributed by atoms with Crippen LogP contribution in [0.3, 0.4) is 0 Å². The molecule has 0 unspecified atom stereocenters. The van der Waals surface area contributed by atoms with Gasteiger partial charge in [0.1, 0.15) is 17.1 Å². The number of alkyl halides is 2. The third-order valence-electron chi connectivity index (χ3n) is 5.38. The monoisotopic (exact) mass is 509 g/mol. The minimum Gasteiger partial charge on any atom is -0.478 e. The van der Waals surface area contributed by atoms with Crippen molar-refractivity contribution >= 4 is 23.4 Å². The molecule has 0 saturated carbocycles. The van der Waals surface area contributed by atoms with Gasteiger partial charge in [-0.3, -0.25) is 9.59 Å². The average molecular weight is 509 g/mol. The number of aromatic carboxylic acids is 1. The SMILES string of the molecule is Cc1cc(CNC(=O)c2cc(C(=O)NCc3cccc(OC(F)F)c3)nc3ccnn23)ccc1C(=O)O. The number of hydrogen-bond acceptors (Lipinski definition) is 6. The minimum atomic E-state index is -2.96. The van der Waals surface area contributed by atoms with Crippen molar-refractivity contribution in [2.24, 2.45) is 0 Å². The third-order valence-corrected chi connectivity index (χ3v) is 5.38. The molecule has 4 aromatic rings. The Morgan fingerprint density at radius 1 is 1.00 bits per heavy atom. The molecule has 3 N–H and O–H groups in total. The van der Waals surface area contributed by atoms with Crippen LogP contribution in [0.2, 0.25) is 0 Å². The summed E-state index contributed by atoms with van der Waals surface area (Å²) in [5, 5.41) is 18.6. The lowest BCUT2D eigenvalue weighted by atomic mass is 10.1. The number of carbonyl (C=O) groups is 3. The molecule has 37 heavy (non-hydrogen) atoms. The van der Waals surface area contributed by atoms with Crippen LogP contribution in [0.5, 0.6) is 5.75 Å². The van der Waals surface area contributed by atoms with E-state index in [1.807, 2.05) is 0 Å². The molecule has 0 radical (unpaired) electrons. The molecule has 0 bridgehead atoms. The Balaban J connectivity index is 1.48. The van der Waals surface area contributed by atoms with Crippen molar-refractivity contribution in [1.82, 2.24) is 25.2 Å². The smallest absolute Gasteiger partial charge is 0.387 e. The van der Waals surface area contributed by atoms with Gasteiger partial charge in [0.2, 0.25) is 0 Å². The number of amides is 2.